The summed E-state index contributed by atoms with van der Waals surface area (Å²) < 4.78 is 11.1. The van der Waals surface area contributed by atoms with Crippen LogP contribution in [0.15, 0.2) is 59.2 Å². The first-order valence-electron chi connectivity index (χ1n) is 9.62. The Hall–Kier alpha value is -2.86. The third-order valence-corrected chi connectivity index (χ3v) is 5.57. The molecule has 144 valence electrons. The minimum atomic E-state index is 0.157. The molecule has 0 aliphatic heterocycles. The number of nitrogens with one attached hydrogen (secondary N) is 1. The lowest BCUT2D eigenvalue weighted by Crippen LogP contribution is -2.32. The van der Waals surface area contributed by atoms with Crippen LogP contribution in [0.5, 0.6) is 0 Å². The van der Waals surface area contributed by atoms with E-state index in [2.05, 4.69) is 21.8 Å². The van der Waals surface area contributed by atoms with Gasteiger partial charge < -0.3 is 14.6 Å². The molecule has 2 aromatic carbocycles. The predicted octanol–water partition coefficient (Wildman–Crippen LogP) is 5.68. The monoisotopic (exact) mass is 393 g/mol. The average molecular weight is 394 g/mol. The highest BCUT2D eigenvalue weighted by molar-refractivity contribution is 7.13. The Morgan fingerprint density at radius 1 is 1.21 bits per heavy atom. The summed E-state index contributed by atoms with van der Waals surface area (Å²) in [6, 6.07) is 16.0. The molecule has 0 radical (unpaired) electrons. The van der Waals surface area contributed by atoms with Crippen LogP contribution in [-0.2, 0) is 4.79 Å². The molecular formula is C22H23N3O2S. The highest BCUT2D eigenvalue weighted by atomic mass is 32.1. The number of furan rings is 1. The van der Waals surface area contributed by atoms with Crippen LogP contribution >= 0.6 is 11.5 Å². The number of anilines is 2. The molecule has 1 amide bonds. The molecule has 0 fully saturated rings. The fourth-order valence-corrected chi connectivity index (χ4v) is 4.08. The summed E-state index contributed by atoms with van der Waals surface area (Å²) >= 11 is 1.50. The van der Waals surface area contributed by atoms with Crippen LogP contribution in [-0.4, -0.2) is 23.4 Å². The number of aromatic nitrogens is 1. The molecule has 0 saturated heterocycles. The molecule has 4 aromatic rings. The Labute approximate surface area is 168 Å². The quantitative estimate of drug-likeness (QED) is 0.391. The maximum atomic E-state index is 12.7. The molecule has 6 heteroatoms. The molecule has 0 bridgehead atoms. The smallest absolute Gasteiger partial charge is 0.226 e. The molecule has 0 aliphatic carbocycles. The van der Waals surface area contributed by atoms with E-state index >= 15 is 0 Å². The summed E-state index contributed by atoms with van der Waals surface area (Å²) in [4.78, 5) is 14.6. The molecule has 0 saturated carbocycles. The van der Waals surface area contributed by atoms with Gasteiger partial charge in [-0.05, 0) is 60.8 Å². The highest BCUT2D eigenvalue weighted by Crippen LogP contribution is 2.26. The zero-order chi connectivity index (χ0) is 19.3. The molecule has 0 spiro atoms. The van der Waals surface area contributed by atoms with Crippen molar-refractivity contribution in [3.8, 4) is 0 Å². The van der Waals surface area contributed by atoms with Crippen LogP contribution in [0.2, 0.25) is 0 Å². The number of fused-ring (bicyclic) bond motifs is 2. The third kappa shape index (κ3) is 3.87. The lowest BCUT2D eigenvalue weighted by Gasteiger charge is -2.23. The van der Waals surface area contributed by atoms with Crippen molar-refractivity contribution in [1.82, 2.24) is 4.37 Å². The lowest BCUT2D eigenvalue weighted by molar-refractivity contribution is -0.118. The Kier molecular flexibility index (Phi) is 5.58. The van der Waals surface area contributed by atoms with E-state index in [1.165, 1.54) is 16.2 Å². The van der Waals surface area contributed by atoms with Crippen LogP contribution in [0.1, 0.15) is 26.2 Å². The van der Waals surface area contributed by atoms with Crippen molar-refractivity contribution in [1.29, 1.82) is 0 Å². The molecule has 2 aromatic heterocycles. The van der Waals surface area contributed by atoms with E-state index in [0.29, 0.717) is 13.0 Å². The van der Waals surface area contributed by atoms with E-state index in [0.717, 1.165) is 47.2 Å². The second-order valence-corrected chi connectivity index (χ2v) is 7.55. The van der Waals surface area contributed by atoms with Gasteiger partial charge in [0.05, 0.1) is 11.0 Å². The Balaban J connectivity index is 1.43. The van der Waals surface area contributed by atoms with Crippen molar-refractivity contribution in [2.45, 2.75) is 26.2 Å². The van der Waals surface area contributed by atoms with Gasteiger partial charge >= 0.3 is 0 Å². The molecular weight excluding hydrogens is 370 g/mol. The zero-order valence-corrected chi connectivity index (χ0v) is 16.7. The van der Waals surface area contributed by atoms with Gasteiger partial charge in [-0.25, -0.2) is 0 Å². The Bertz CT molecular complexity index is 1090. The van der Waals surface area contributed by atoms with Crippen molar-refractivity contribution in [2.24, 2.45) is 0 Å². The summed E-state index contributed by atoms with van der Waals surface area (Å²) in [6.45, 7) is 3.46. The maximum Gasteiger partial charge on any atom is 0.226 e. The van der Waals surface area contributed by atoms with E-state index in [9.17, 15) is 4.79 Å². The highest BCUT2D eigenvalue weighted by Gasteiger charge is 2.15. The second-order valence-electron chi connectivity index (χ2n) is 6.75. The van der Waals surface area contributed by atoms with Gasteiger partial charge in [0, 0.05) is 36.0 Å². The number of nitrogens with zero attached hydrogens (tertiary/aromatic N) is 2. The molecule has 4 rings (SSSR count). The van der Waals surface area contributed by atoms with Gasteiger partial charge in [0.2, 0.25) is 5.91 Å². The molecule has 2 heterocycles. The van der Waals surface area contributed by atoms with Crippen molar-refractivity contribution in [3.05, 3.63) is 54.8 Å². The molecule has 28 heavy (non-hydrogen) atoms. The van der Waals surface area contributed by atoms with Gasteiger partial charge in [0.15, 0.2) is 0 Å². The van der Waals surface area contributed by atoms with Gasteiger partial charge in [0.1, 0.15) is 11.4 Å². The van der Waals surface area contributed by atoms with E-state index in [-0.39, 0.29) is 5.91 Å². The number of hydrogen-bond acceptors (Lipinski definition) is 5. The van der Waals surface area contributed by atoms with E-state index < -0.39 is 0 Å². The summed E-state index contributed by atoms with van der Waals surface area (Å²) in [5.41, 5.74) is 1.76. The first kappa shape index (κ1) is 18.5. The Morgan fingerprint density at radius 3 is 3.00 bits per heavy atom. The summed E-state index contributed by atoms with van der Waals surface area (Å²) in [7, 11) is 0. The van der Waals surface area contributed by atoms with Crippen LogP contribution in [0.25, 0.3) is 21.1 Å². The Morgan fingerprint density at radius 2 is 2.11 bits per heavy atom. The third-order valence-electron chi connectivity index (χ3n) is 4.74. The first-order chi connectivity index (χ1) is 13.8. The van der Waals surface area contributed by atoms with Crippen LogP contribution < -0.4 is 10.2 Å². The van der Waals surface area contributed by atoms with E-state index in [1.54, 1.807) is 6.26 Å². The van der Waals surface area contributed by atoms with E-state index in [1.807, 2.05) is 48.2 Å². The topological polar surface area (TPSA) is 58.4 Å². The fraction of sp³-hybridized carbons (Fsp3) is 0.273. The maximum absolute atomic E-state index is 12.7. The SMILES string of the molecule is CCCC(=O)N(CCCNc1nsc2ccccc12)c1ccc2occc2c1. The van der Waals surface area contributed by atoms with Crippen molar-refractivity contribution < 1.29 is 9.21 Å². The lowest BCUT2D eigenvalue weighted by atomic mass is 10.2. The largest absolute Gasteiger partial charge is 0.464 e. The molecule has 0 atom stereocenters. The average Bonchev–Trinajstić information content (AvgIpc) is 3.34. The van der Waals surface area contributed by atoms with Crippen LogP contribution in [0, 0.1) is 0 Å². The predicted molar refractivity (Wildman–Crippen MR) is 116 cm³/mol. The van der Waals surface area contributed by atoms with Crippen molar-refractivity contribution in [2.75, 3.05) is 23.3 Å². The minimum Gasteiger partial charge on any atom is -0.464 e. The molecule has 5 nitrogen and oxygen atoms in total. The number of benzene rings is 2. The standard InChI is InChI=1S/C22H23N3O2S/c1-2-6-21(26)25(17-9-10-19-16(15-17)11-14-27-19)13-5-12-23-22-18-7-3-4-8-20(18)28-24-22/h3-4,7-11,14-15H,2,5-6,12-13H2,1H3,(H,23,24). The molecule has 1 N–H and O–H groups in total. The van der Waals surface area contributed by atoms with Gasteiger partial charge in [-0.3, -0.25) is 4.79 Å². The number of hydrogen-bond donors (Lipinski definition) is 1. The summed E-state index contributed by atoms with van der Waals surface area (Å²) in [6.07, 6.45) is 3.90. The zero-order valence-electron chi connectivity index (χ0n) is 15.9. The minimum absolute atomic E-state index is 0.157. The van der Waals surface area contributed by atoms with Gasteiger partial charge in [0.25, 0.3) is 0 Å². The fourth-order valence-electron chi connectivity index (χ4n) is 3.33. The first-order valence-corrected chi connectivity index (χ1v) is 10.4. The van der Waals surface area contributed by atoms with Gasteiger partial charge in [-0.1, -0.05) is 19.1 Å². The number of amides is 1. The normalized spacial score (nSPS) is 11.2. The van der Waals surface area contributed by atoms with Gasteiger partial charge in [-0.2, -0.15) is 4.37 Å². The second kappa shape index (κ2) is 8.44. The number of rotatable bonds is 8. The van der Waals surface area contributed by atoms with Crippen molar-refractivity contribution in [3.63, 3.8) is 0 Å². The molecule has 0 aliphatic rings. The van der Waals surface area contributed by atoms with Crippen LogP contribution in [0.4, 0.5) is 11.5 Å². The van der Waals surface area contributed by atoms with Crippen LogP contribution in [0.3, 0.4) is 0 Å². The van der Waals surface area contributed by atoms with E-state index in [4.69, 9.17) is 4.42 Å². The van der Waals surface area contributed by atoms with Crippen molar-refractivity contribution >= 4 is 50.0 Å². The molecule has 0 unspecified atom stereocenters. The number of carbonyl (C=O) groups is 1. The summed E-state index contributed by atoms with van der Waals surface area (Å²) in [5.74, 6) is 1.08. The van der Waals surface area contributed by atoms with Gasteiger partial charge in [-0.15, -0.1) is 0 Å². The number of carbonyl (C=O) groups excluding carboxylic acids is 1. The summed E-state index contributed by atoms with van der Waals surface area (Å²) in [5, 5.41) is 5.58.